The number of carbonyl (C=O) groups is 3. The molecule has 0 aromatic heterocycles. The maximum absolute atomic E-state index is 13.5. The molecule has 2 N–H and O–H groups in total. The molecule has 0 aliphatic rings. The lowest BCUT2D eigenvalue weighted by Crippen LogP contribution is -2.47. The van der Waals surface area contributed by atoms with E-state index in [0.29, 0.717) is 25.1 Å². The molecule has 0 fully saturated rings. The standard InChI is InChI=1S/C34H42N2O4/c1-25(2)19-32(33(38)24-40-31-17-11-6-12-18-31)36-34(39)29(20-27-13-7-4-8-14-27)21-30(37)23-35-22-26(3)28-15-9-5-10-16-28/h4-18,25-26,29,32,35H,19-24H2,1-3H3,(H,36,39)/t26-,29-,32+/m0/s1. The first-order valence-corrected chi connectivity index (χ1v) is 14.1. The van der Waals surface area contributed by atoms with E-state index in [4.69, 9.17) is 4.74 Å². The van der Waals surface area contributed by atoms with Gasteiger partial charge in [0.25, 0.3) is 0 Å². The quantitative estimate of drug-likeness (QED) is 0.239. The monoisotopic (exact) mass is 542 g/mol. The summed E-state index contributed by atoms with van der Waals surface area (Å²) in [5.41, 5.74) is 2.18. The van der Waals surface area contributed by atoms with Gasteiger partial charge in [-0.05, 0) is 47.9 Å². The molecule has 1 amide bonds. The number of ether oxygens (including phenoxy) is 1. The fourth-order valence-corrected chi connectivity index (χ4v) is 4.63. The van der Waals surface area contributed by atoms with Crippen molar-refractivity contribution in [3.8, 4) is 5.75 Å². The van der Waals surface area contributed by atoms with Gasteiger partial charge >= 0.3 is 0 Å². The molecule has 0 aliphatic heterocycles. The van der Waals surface area contributed by atoms with Gasteiger partial charge < -0.3 is 15.4 Å². The van der Waals surface area contributed by atoms with Crippen LogP contribution in [0.25, 0.3) is 0 Å². The normalized spacial score (nSPS) is 13.3. The number of carbonyl (C=O) groups excluding carboxylic acids is 3. The maximum Gasteiger partial charge on any atom is 0.224 e. The highest BCUT2D eigenvalue weighted by Gasteiger charge is 2.28. The molecule has 0 saturated carbocycles. The Bertz CT molecular complexity index is 1180. The summed E-state index contributed by atoms with van der Waals surface area (Å²) >= 11 is 0. The molecule has 3 atom stereocenters. The van der Waals surface area contributed by atoms with Crippen LogP contribution >= 0.6 is 0 Å². The van der Waals surface area contributed by atoms with E-state index in [1.165, 1.54) is 5.56 Å². The average molecular weight is 543 g/mol. The highest BCUT2D eigenvalue weighted by atomic mass is 16.5. The second kappa shape index (κ2) is 16.4. The number of rotatable bonds is 17. The summed E-state index contributed by atoms with van der Waals surface area (Å²) in [5, 5.41) is 6.22. The number of ketones is 2. The Morgan fingerprint density at radius 1 is 0.800 bits per heavy atom. The Balaban J connectivity index is 1.62. The molecule has 40 heavy (non-hydrogen) atoms. The minimum Gasteiger partial charge on any atom is -0.486 e. The molecule has 3 aromatic carbocycles. The van der Waals surface area contributed by atoms with Crippen LogP contribution in [0.1, 0.15) is 50.7 Å². The van der Waals surface area contributed by atoms with Gasteiger partial charge in [0.2, 0.25) is 5.91 Å². The number of benzene rings is 3. The van der Waals surface area contributed by atoms with Gasteiger partial charge in [-0.1, -0.05) is 99.6 Å². The van der Waals surface area contributed by atoms with Crippen LogP contribution in [0.15, 0.2) is 91.0 Å². The summed E-state index contributed by atoms with van der Waals surface area (Å²) in [6.45, 7) is 6.86. The first kappa shape index (κ1) is 30.8. The molecule has 0 unspecified atom stereocenters. The lowest BCUT2D eigenvalue weighted by atomic mass is 9.92. The van der Waals surface area contributed by atoms with Crippen molar-refractivity contribution in [1.29, 1.82) is 0 Å². The van der Waals surface area contributed by atoms with Crippen molar-refractivity contribution in [1.82, 2.24) is 10.6 Å². The Kier molecular flexibility index (Phi) is 12.6. The Hall–Kier alpha value is -3.77. The zero-order chi connectivity index (χ0) is 28.7. The van der Waals surface area contributed by atoms with E-state index in [2.05, 4.69) is 29.7 Å². The van der Waals surface area contributed by atoms with Crippen LogP contribution in [0.2, 0.25) is 0 Å². The van der Waals surface area contributed by atoms with Crippen molar-refractivity contribution in [2.24, 2.45) is 11.8 Å². The number of para-hydroxylation sites is 1. The van der Waals surface area contributed by atoms with Gasteiger partial charge in [-0.3, -0.25) is 14.4 Å². The summed E-state index contributed by atoms with van der Waals surface area (Å²) in [6.07, 6.45) is 1.01. The molecule has 3 aromatic rings. The molecule has 6 heteroatoms. The smallest absolute Gasteiger partial charge is 0.224 e. The molecule has 0 bridgehead atoms. The third-order valence-electron chi connectivity index (χ3n) is 6.85. The molecule has 0 spiro atoms. The van der Waals surface area contributed by atoms with Crippen LogP contribution in [0.5, 0.6) is 5.75 Å². The summed E-state index contributed by atoms with van der Waals surface area (Å²) in [4.78, 5) is 39.6. The molecule has 6 nitrogen and oxygen atoms in total. The second-order valence-corrected chi connectivity index (χ2v) is 10.8. The number of hydrogen-bond acceptors (Lipinski definition) is 5. The summed E-state index contributed by atoms with van der Waals surface area (Å²) in [7, 11) is 0. The topological polar surface area (TPSA) is 84.5 Å². The van der Waals surface area contributed by atoms with Crippen LogP contribution in [-0.4, -0.2) is 43.2 Å². The molecule has 0 radical (unpaired) electrons. The molecule has 3 rings (SSSR count). The van der Waals surface area contributed by atoms with Crippen LogP contribution in [-0.2, 0) is 20.8 Å². The maximum atomic E-state index is 13.5. The van der Waals surface area contributed by atoms with Gasteiger partial charge in [-0.15, -0.1) is 0 Å². The molecule has 212 valence electrons. The summed E-state index contributed by atoms with van der Waals surface area (Å²) in [5.74, 6) is -0.0292. The van der Waals surface area contributed by atoms with Crippen LogP contribution in [0.4, 0.5) is 0 Å². The van der Waals surface area contributed by atoms with E-state index in [0.717, 1.165) is 5.56 Å². The predicted octanol–water partition coefficient (Wildman–Crippen LogP) is 5.38. The van der Waals surface area contributed by atoms with Crippen LogP contribution < -0.4 is 15.4 Å². The van der Waals surface area contributed by atoms with Gasteiger partial charge in [-0.25, -0.2) is 0 Å². The van der Waals surface area contributed by atoms with Crippen molar-refractivity contribution >= 4 is 17.5 Å². The largest absolute Gasteiger partial charge is 0.486 e. The minimum atomic E-state index is -0.686. The summed E-state index contributed by atoms with van der Waals surface area (Å²) in [6, 6.07) is 28.3. The molecular weight excluding hydrogens is 500 g/mol. The predicted molar refractivity (Wildman–Crippen MR) is 159 cm³/mol. The summed E-state index contributed by atoms with van der Waals surface area (Å²) < 4.78 is 5.66. The zero-order valence-corrected chi connectivity index (χ0v) is 23.8. The average Bonchev–Trinajstić information content (AvgIpc) is 2.96. The van der Waals surface area contributed by atoms with Crippen molar-refractivity contribution in [2.75, 3.05) is 19.7 Å². The van der Waals surface area contributed by atoms with Gasteiger partial charge in [0, 0.05) is 18.9 Å². The molecule has 0 aliphatic carbocycles. The lowest BCUT2D eigenvalue weighted by Gasteiger charge is -2.23. The molecule has 0 heterocycles. The van der Waals surface area contributed by atoms with Crippen LogP contribution in [0, 0.1) is 11.8 Å². The fraction of sp³-hybridized carbons (Fsp3) is 0.382. The van der Waals surface area contributed by atoms with Crippen LogP contribution in [0.3, 0.4) is 0 Å². The molecular formula is C34H42N2O4. The van der Waals surface area contributed by atoms with E-state index in [-0.39, 0.29) is 48.9 Å². The Morgan fingerprint density at radius 2 is 1.40 bits per heavy atom. The third kappa shape index (κ3) is 10.8. The minimum absolute atomic E-state index is 0.0320. The number of nitrogens with one attached hydrogen (secondary N) is 2. The highest BCUT2D eigenvalue weighted by Crippen LogP contribution is 2.17. The van der Waals surface area contributed by atoms with E-state index < -0.39 is 12.0 Å². The fourth-order valence-electron chi connectivity index (χ4n) is 4.63. The van der Waals surface area contributed by atoms with Gasteiger partial charge in [0.05, 0.1) is 12.6 Å². The zero-order valence-electron chi connectivity index (χ0n) is 23.8. The van der Waals surface area contributed by atoms with E-state index in [1.807, 2.05) is 80.6 Å². The SMILES string of the molecule is CC(C)C[C@@H](NC(=O)[C@H](CC(=O)CNC[C@H](C)c1ccccc1)Cc1ccccc1)C(=O)COc1ccccc1. The van der Waals surface area contributed by atoms with Gasteiger partial charge in [0.1, 0.15) is 18.1 Å². The van der Waals surface area contributed by atoms with Crippen molar-refractivity contribution in [2.45, 2.75) is 52.0 Å². The third-order valence-corrected chi connectivity index (χ3v) is 6.85. The van der Waals surface area contributed by atoms with Crippen molar-refractivity contribution < 1.29 is 19.1 Å². The Labute approximate surface area is 238 Å². The van der Waals surface area contributed by atoms with Crippen molar-refractivity contribution in [3.05, 3.63) is 102 Å². The van der Waals surface area contributed by atoms with E-state index in [1.54, 1.807) is 12.1 Å². The number of hydrogen-bond donors (Lipinski definition) is 2. The molecule has 0 saturated heterocycles. The van der Waals surface area contributed by atoms with Gasteiger partial charge in [0.15, 0.2) is 5.78 Å². The first-order chi connectivity index (χ1) is 19.3. The highest BCUT2D eigenvalue weighted by molar-refractivity contribution is 5.93. The number of Topliss-reactive ketones (excluding diaryl/α,β-unsaturated/α-hetero) is 2. The van der Waals surface area contributed by atoms with E-state index in [9.17, 15) is 14.4 Å². The van der Waals surface area contributed by atoms with Gasteiger partial charge in [-0.2, -0.15) is 0 Å². The second-order valence-electron chi connectivity index (χ2n) is 10.8. The number of amides is 1. The van der Waals surface area contributed by atoms with Crippen molar-refractivity contribution in [3.63, 3.8) is 0 Å². The Morgan fingerprint density at radius 3 is 2.02 bits per heavy atom. The lowest BCUT2D eigenvalue weighted by molar-refractivity contribution is -0.133. The van der Waals surface area contributed by atoms with E-state index >= 15 is 0 Å². The first-order valence-electron chi connectivity index (χ1n) is 14.1.